The Balaban J connectivity index is 1.70. The van der Waals surface area contributed by atoms with Gasteiger partial charge in [-0.2, -0.15) is 0 Å². The van der Waals surface area contributed by atoms with Gasteiger partial charge in [-0.1, -0.05) is 12.8 Å². The first-order chi connectivity index (χ1) is 11.2. The fourth-order valence-corrected chi connectivity index (χ4v) is 3.25. The molecule has 3 heterocycles. The standard InChI is InChI=1S/C17H19N5O/c1-21-11-19-17-14(21)7-9-16(23)22(17)13-6-8-15(18-10-13)20-12-4-2-3-5-12/h6-12H,2-5H2,1H3,(H,18,20). The van der Waals surface area contributed by atoms with Crippen LogP contribution in [-0.2, 0) is 7.05 Å². The number of aromatic nitrogens is 4. The van der Waals surface area contributed by atoms with E-state index in [-0.39, 0.29) is 5.56 Å². The third kappa shape index (κ3) is 2.50. The summed E-state index contributed by atoms with van der Waals surface area (Å²) in [6, 6.07) is 7.73. The van der Waals surface area contributed by atoms with Crippen molar-refractivity contribution < 1.29 is 0 Å². The second-order valence-corrected chi connectivity index (χ2v) is 6.10. The van der Waals surface area contributed by atoms with E-state index in [1.54, 1.807) is 29.2 Å². The fraction of sp³-hybridized carbons (Fsp3) is 0.353. The topological polar surface area (TPSA) is 64.7 Å². The molecule has 0 atom stereocenters. The Morgan fingerprint density at radius 2 is 1.96 bits per heavy atom. The second kappa shape index (κ2) is 5.53. The first kappa shape index (κ1) is 14.0. The number of imidazole rings is 1. The number of aryl methyl sites for hydroxylation is 1. The average Bonchev–Trinajstić information content (AvgIpc) is 3.19. The largest absolute Gasteiger partial charge is 0.367 e. The average molecular weight is 309 g/mol. The lowest BCUT2D eigenvalue weighted by Crippen LogP contribution is -2.19. The Hall–Kier alpha value is -2.63. The third-order valence-electron chi connectivity index (χ3n) is 4.49. The van der Waals surface area contributed by atoms with Crippen LogP contribution < -0.4 is 10.9 Å². The summed E-state index contributed by atoms with van der Waals surface area (Å²) in [6.07, 6.45) is 8.42. The smallest absolute Gasteiger partial charge is 0.256 e. The zero-order valence-electron chi connectivity index (χ0n) is 13.1. The normalized spacial score (nSPS) is 15.3. The van der Waals surface area contributed by atoms with Gasteiger partial charge in [-0.05, 0) is 31.0 Å². The van der Waals surface area contributed by atoms with E-state index in [1.165, 1.54) is 25.7 Å². The molecule has 23 heavy (non-hydrogen) atoms. The van der Waals surface area contributed by atoms with E-state index in [0.29, 0.717) is 11.7 Å². The third-order valence-corrected chi connectivity index (χ3v) is 4.49. The van der Waals surface area contributed by atoms with Crippen LogP contribution in [0.3, 0.4) is 0 Å². The molecule has 1 N–H and O–H groups in total. The highest BCUT2D eigenvalue weighted by Crippen LogP contribution is 2.22. The summed E-state index contributed by atoms with van der Waals surface area (Å²) < 4.78 is 3.50. The van der Waals surface area contributed by atoms with Crippen LogP contribution in [0.15, 0.2) is 41.6 Å². The number of nitrogens with zero attached hydrogens (tertiary/aromatic N) is 4. The molecule has 3 aromatic rings. The second-order valence-electron chi connectivity index (χ2n) is 6.10. The molecular weight excluding hydrogens is 290 g/mol. The van der Waals surface area contributed by atoms with E-state index in [0.717, 1.165) is 17.0 Å². The van der Waals surface area contributed by atoms with Crippen molar-refractivity contribution in [2.24, 2.45) is 7.05 Å². The summed E-state index contributed by atoms with van der Waals surface area (Å²) in [5, 5.41) is 3.46. The van der Waals surface area contributed by atoms with Gasteiger partial charge in [0, 0.05) is 19.2 Å². The number of fused-ring (bicyclic) bond motifs is 1. The number of rotatable bonds is 3. The van der Waals surface area contributed by atoms with E-state index >= 15 is 0 Å². The number of nitrogens with one attached hydrogen (secondary N) is 1. The summed E-state index contributed by atoms with van der Waals surface area (Å²) in [5.74, 6) is 0.863. The Morgan fingerprint density at radius 1 is 1.13 bits per heavy atom. The summed E-state index contributed by atoms with van der Waals surface area (Å²) in [7, 11) is 1.91. The lowest BCUT2D eigenvalue weighted by atomic mass is 10.2. The van der Waals surface area contributed by atoms with E-state index in [4.69, 9.17) is 0 Å². The van der Waals surface area contributed by atoms with Gasteiger partial charge in [0.05, 0.1) is 23.7 Å². The van der Waals surface area contributed by atoms with Crippen molar-refractivity contribution in [2.75, 3.05) is 5.32 Å². The van der Waals surface area contributed by atoms with Crippen molar-refractivity contribution >= 4 is 17.0 Å². The molecule has 0 spiro atoms. The first-order valence-electron chi connectivity index (χ1n) is 7.98. The van der Waals surface area contributed by atoms with Crippen molar-refractivity contribution in [2.45, 2.75) is 31.7 Å². The molecule has 0 radical (unpaired) electrons. The highest BCUT2D eigenvalue weighted by Gasteiger charge is 2.15. The minimum atomic E-state index is -0.102. The van der Waals surface area contributed by atoms with Crippen molar-refractivity contribution in [3.63, 3.8) is 0 Å². The predicted octanol–water partition coefficient (Wildman–Crippen LogP) is 2.47. The number of anilines is 1. The maximum atomic E-state index is 12.3. The molecule has 4 rings (SSSR count). The van der Waals surface area contributed by atoms with Gasteiger partial charge < -0.3 is 9.88 Å². The maximum Gasteiger partial charge on any atom is 0.256 e. The Labute approximate surface area is 133 Å². The minimum absolute atomic E-state index is 0.102. The highest BCUT2D eigenvalue weighted by molar-refractivity contribution is 5.73. The van der Waals surface area contributed by atoms with Crippen LogP contribution in [0.25, 0.3) is 16.9 Å². The SMILES string of the molecule is Cn1cnc2c1ccc(=O)n2-c1ccc(NC2CCCC2)nc1. The summed E-state index contributed by atoms with van der Waals surface area (Å²) in [6.45, 7) is 0. The van der Waals surface area contributed by atoms with Crippen molar-refractivity contribution in [1.82, 2.24) is 19.1 Å². The molecule has 6 nitrogen and oxygen atoms in total. The molecule has 118 valence electrons. The highest BCUT2D eigenvalue weighted by atomic mass is 16.1. The van der Waals surface area contributed by atoms with Gasteiger partial charge in [-0.15, -0.1) is 0 Å². The molecule has 3 aromatic heterocycles. The van der Waals surface area contributed by atoms with Gasteiger partial charge in [0.1, 0.15) is 5.82 Å². The summed E-state index contributed by atoms with van der Waals surface area (Å²) >= 11 is 0. The molecule has 6 heteroatoms. The maximum absolute atomic E-state index is 12.3. The summed E-state index contributed by atoms with van der Waals surface area (Å²) in [5.41, 5.74) is 2.20. The molecule has 1 aliphatic carbocycles. The van der Waals surface area contributed by atoms with Crippen LogP contribution in [0.1, 0.15) is 25.7 Å². The van der Waals surface area contributed by atoms with Crippen LogP contribution in [0.5, 0.6) is 0 Å². The fourth-order valence-electron chi connectivity index (χ4n) is 3.25. The van der Waals surface area contributed by atoms with Crippen LogP contribution in [0.4, 0.5) is 5.82 Å². The molecule has 0 amide bonds. The van der Waals surface area contributed by atoms with E-state index in [9.17, 15) is 4.79 Å². The van der Waals surface area contributed by atoms with Crippen LogP contribution >= 0.6 is 0 Å². The van der Waals surface area contributed by atoms with Gasteiger partial charge in [0.15, 0.2) is 5.65 Å². The van der Waals surface area contributed by atoms with E-state index in [1.807, 2.05) is 23.7 Å². The van der Waals surface area contributed by atoms with Gasteiger partial charge in [0.2, 0.25) is 0 Å². The zero-order chi connectivity index (χ0) is 15.8. The van der Waals surface area contributed by atoms with Crippen molar-refractivity contribution in [3.05, 3.63) is 47.1 Å². The predicted molar refractivity (Wildman–Crippen MR) is 90.0 cm³/mol. The minimum Gasteiger partial charge on any atom is -0.367 e. The Bertz CT molecular complexity index is 887. The molecular formula is C17H19N5O. The van der Waals surface area contributed by atoms with Gasteiger partial charge >= 0.3 is 0 Å². The van der Waals surface area contributed by atoms with E-state index in [2.05, 4.69) is 15.3 Å². The molecule has 0 saturated heterocycles. The van der Waals surface area contributed by atoms with Crippen molar-refractivity contribution in [1.29, 1.82) is 0 Å². The molecule has 0 aliphatic heterocycles. The van der Waals surface area contributed by atoms with Crippen molar-refractivity contribution in [3.8, 4) is 5.69 Å². The monoisotopic (exact) mass is 309 g/mol. The van der Waals surface area contributed by atoms with Crippen LogP contribution in [0.2, 0.25) is 0 Å². The Kier molecular flexibility index (Phi) is 3.37. The van der Waals surface area contributed by atoms with Gasteiger partial charge in [-0.3, -0.25) is 9.36 Å². The lowest BCUT2D eigenvalue weighted by molar-refractivity contribution is 0.750. The van der Waals surface area contributed by atoms with Gasteiger partial charge in [-0.25, -0.2) is 9.97 Å². The van der Waals surface area contributed by atoms with Crippen LogP contribution in [-0.4, -0.2) is 25.1 Å². The molecule has 0 aromatic carbocycles. The lowest BCUT2D eigenvalue weighted by Gasteiger charge is -2.13. The first-order valence-corrected chi connectivity index (χ1v) is 7.98. The van der Waals surface area contributed by atoms with Crippen LogP contribution in [0, 0.1) is 0 Å². The number of pyridine rings is 2. The quantitative estimate of drug-likeness (QED) is 0.807. The summed E-state index contributed by atoms with van der Waals surface area (Å²) in [4.78, 5) is 21.1. The van der Waals surface area contributed by atoms with E-state index < -0.39 is 0 Å². The molecule has 1 saturated carbocycles. The molecule has 1 fully saturated rings. The Morgan fingerprint density at radius 3 is 2.70 bits per heavy atom. The number of hydrogen-bond acceptors (Lipinski definition) is 4. The molecule has 0 unspecified atom stereocenters. The molecule has 1 aliphatic rings. The number of hydrogen-bond donors (Lipinski definition) is 1. The van der Waals surface area contributed by atoms with Gasteiger partial charge in [0.25, 0.3) is 5.56 Å². The molecule has 0 bridgehead atoms. The zero-order valence-corrected chi connectivity index (χ0v) is 13.1.